The molecule has 0 saturated carbocycles. The maximum atomic E-state index is 12.4. The van der Waals surface area contributed by atoms with E-state index in [9.17, 15) is 4.79 Å². The predicted octanol–water partition coefficient (Wildman–Crippen LogP) is 5.09. The number of benzene rings is 3. The zero-order chi connectivity index (χ0) is 16.1. The summed E-state index contributed by atoms with van der Waals surface area (Å²) in [5.41, 5.74) is 1.20. The van der Waals surface area contributed by atoms with E-state index in [0.717, 1.165) is 9.79 Å². The van der Waals surface area contributed by atoms with Crippen molar-refractivity contribution in [2.45, 2.75) is 9.79 Å². The number of hydrogen-bond donors (Lipinski definition) is 1. The van der Waals surface area contributed by atoms with E-state index in [2.05, 4.69) is 12.1 Å². The molecular weight excluding hydrogens is 302 g/mol. The number of Topliss-reactive ketones (excluding diaryl/α,β-unsaturated/α-hetero) is 1. The normalized spacial score (nSPS) is 10.3. The molecule has 0 atom stereocenters. The monoisotopic (exact) mass is 317 g/mol. The van der Waals surface area contributed by atoms with Crippen molar-refractivity contribution in [2.75, 3.05) is 0 Å². The number of carbonyl (C=O) groups is 1. The molecule has 23 heavy (non-hydrogen) atoms. The quantitative estimate of drug-likeness (QED) is 0.526. The van der Waals surface area contributed by atoms with E-state index in [4.69, 9.17) is 5.41 Å². The maximum absolute atomic E-state index is 12.4. The van der Waals surface area contributed by atoms with Crippen LogP contribution in [0, 0.1) is 5.41 Å². The average molecular weight is 317 g/mol. The minimum Gasteiger partial charge on any atom is -0.296 e. The number of carbonyl (C=O) groups excluding carboxylic acids is 1. The summed E-state index contributed by atoms with van der Waals surface area (Å²) in [7, 11) is 0. The molecule has 0 radical (unpaired) electrons. The highest BCUT2D eigenvalue weighted by atomic mass is 32.2. The zero-order valence-electron chi connectivity index (χ0n) is 12.4. The first-order valence-corrected chi connectivity index (χ1v) is 8.07. The van der Waals surface area contributed by atoms with Crippen molar-refractivity contribution in [3.05, 3.63) is 96.1 Å². The lowest BCUT2D eigenvalue weighted by Gasteiger charge is -2.05. The Kier molecular flexibility index (Phi) is 4.69. The summed E-state index contributed by atoms with van der Waals surface area (Å²) in [5.74, 6) is -0.257. The Morgan fingerprint density at radius 2 is 1.17 bits per heavy atom. The van der Waals surface area contributed by atoms with Gasteiger partial charge in [-0.05, 0) is 36.4 Å². The van der Waals surface area contributed by atoms with Gasteiger partial charge in [0.1, 0.15) is 5.71 Å². The van der Waals surface area contributed by atoms with Gasteiger partial charge < -0.3 is 0 Å². The average Bonchev–Trinajstić information content (AvgIpc) is 2.63. The van der Waals surface area contributed by atoms with Gasteiger partial charge >= 0.3 is 0 Å². The van der Waals surface area contributed by atoms with Gasteiger partial charge in [0.05, 0.1) is 0 Å². The van der Waals surface area contributed by atoms with Crippen LogP contribution in [0.5, 0.6) is 0 Å². The minimum absolute atomic E-state index is 0.0223. The van der Waals surface area contributed by atoms with Crippen LogP contribution in [0.15, 0.2) is 94.7 Å². The largest absolute Gasteiger partial charge is 0.296 e. The van der Waals surface area contributed by atoms with E-state index in [-0.39, 0.29) is 11.5 Å². The smallest absolute Gasteiger partial charge is 0.211 e. The van der Waals surface area contributed by atoms with Crippen LogP contribution in [0.4, 0.5) is 0 Å². The van der Waals surface area contributed by atoms with E-state index < -0.39 is 0 Å². The topological polar surface area (TPSA) is 40.9 Å². The van der Waals surface area contributed by atoms with Gasteiger partial charge in [-0.2, -0.15) is 0 Å². The molecule has 3 aromatic rings. The molecule has 0 spiro atoms. The molecule has 0 aromatic heterocycles. The lowest BCUT2D eigenvalue weighted by atomic mass is 10.0. The first kappa shape index (κ1) is 15.3. The highest BCUT2D eigenvalue weighted by Gasteiger charge is 2.14. The van der Waals surface area contributed by atoms with Crippen LogP contribution in [0.25, 0.3) is 0 Å². The fourth-order valence-electron chi connectivity index (χ4n) is 2.18. The Hall–Kier alpha value is -2.65. The van der Waals surface area contributed by atoms with Gasteiger partial charge in [-0.25, -0.2) is 0 Å². The van der Waals surface area contributed by atoms with E-state index in [1.54, 1.807) is 36.0 Å². The van der Waals surface area contributed by atoms with Gasteiger partial charge in [-0.15, -0.1) is 0 Å². The van der Waals surface area contributed by atoms with Crippen LogP contribution in [0.3, 0.4) is 0 Å². The van der Waals surface area contributed by atoms with Crippen LogP contribution in [0.2, 0.25) is 0 Å². The second-order valence-electron chi connectivity index (χ2n) is 5.01. The van der Waals surface area contributed by atoms with Crippen molar-refractivity contribution in [2.24, 2.45) is 0 Å². The number of nitrogens with one attached hydrogen (secondary N) is 1. The van der Waals surface area contributed by atoms with E-state index in [0.29, 0.717) is 11.1 Å². The second-order valence-corrected chi connectivity index (χ2v) is 6.16. The Morgan fingerprint density at radius 1 is 0.652 bits per heavy atom. The molecule has 0 aliphatic rings. The summed E-state index contributed by atoms with van der Waals surface area (Å²) < 4.78 is 0. The maximum Gasteiger partial charge on any atom is 0.211 e. The van der Waals surface area contributed by atoms with Crippen LogP contribution in [-0.2, 0) is 0 Å². The molecule has 0 aliphatic carbocycles. The lowest BCUT2D eigenvalue weighted by molar-refractivity contribution is 0.106. The molecule has 0 unspecified atom stereocenters. The summed E-state index contributed by atoms with van der Waals surface area (Å²) in [6.07, 6.45) is 0. The van der Waals surface area contributed by atoms with Crippen LogP contribution >= 0.6 is 11.8 Å². The zero-order valence-corrected chi connectivity index (χ0v) is 13.2. The first-order valence-electron chi connectivity index (χ1n) is 7.26. The summed E-state index contributed by atoms with van der Waals surface area (Å²) in [6, 6.07) is 26.6. The Morgan fingerprint density at radius 3 is 1.78 bits per heavy atom. The molecule has 0 heterocycles. The third-order valence-corrected chi connectivity index (χ3v) is 4.40. The molecule has 0 saturated heterocycles. The van der Waals surface area contributed by atoms with E-state index in [1.165, 1.54) is 0 Å². The van der Waals surface area contributed by atoms with Crippen LogP contribution < -0.4 is 0 Å². The third kappa shape index (κ3) is 3.76. The number of rotatable bonds is 5. The Balaban J connectivity index is 1.74. The van der Waals surface area contributed by atoms with Gasteiger partial charge in [0.25, 0.3) is 0 Å². The molecule has 3 aromatic carbocycles. The highest BCUT2D eigenvalue weighted by Crippen LogP contribution is 2.27. The second kappa shape index (κ2) is 7.07. The van der Waals surface area contributed by atoms with Crippen LogP contribution in [-0.4, -0.2) is 11.5 Å². The Labute approximate surface area is 139 Å². The molecule has 3 heteroatoms. The SMILES string of the molecule is N=C(C(=O)c1ccc(Sc2ccccc2)cc1)c1ccccc1. The lowest BCUT2D eigenvalue weighted by Crippen LogP contribution is -2.14. The van der Waals surface area contributed by atoms with Crippen molar-refractivity contribution < 1.29 is 4.79 Å². The highest BCUT2D eigenvalue weighted by molar-refractivity contribution is 7.99. The molecule has 1 N–H and O–H groups in total. The molecule has 3 rings (SSSR count). The van der Waals surface area contributed by atoms with Crippen LogP contribution in [0.1, 0.15) is 15.9 Å². The fraction of sp³-hybridized carbons (Fsp3) is 0. The Bertz CT molecular complexity index is 811. The van der Waals surface area contributed by atoms with Gasteiger partial charge in [-0.3, -0.25) is 10.2 Å². The minimum atomic E-state index is -0.257. The van der Waals surface area contributed by atoms with Gasteiger partial charge in [-0.1, -0.05) is 60.3 Å². The summed E-state index contributed by atoms with van der Waals surface area (Å²) in [5, 5.41) is 8.05. The molecule has 0 bridgehead atoms. The molecule has 2 nitrogen and oxygen atoms in total. The molecule has 112 valence electrons. The standard InChI is InChI=1S/C20H15NOS/c21-19(15-7-3-1-4-8-15)20(22)16-11-13-18(14-12-16)23-17-9-5-2-6-10-17/h1-14,21H. The van der Waals surface area contributed by atoms with Gasteiger partial charge in [0.15, 0.2) is 0 Å². The van der Waals surface area contributed by atoms with Crippen molar-refractivity contribution in [3.63, 3.8) is 0 Å². The van der Waals surface area contributed by atoms with Crippen molar-refractivity contribution in [1.29, 1.82) is 5.41 Å². The molecule has 0 aliphatic heterocycles. The van der Waals surface area contributed by atoms with Gasteiger partial charge in [0, 0.05) is 20.9 Å². The predicted molar refractivity (Wildman–Crippen MR) is 94.6 cm³/mol. The van der Waals surface area contributed by atoms with E-state index >= 15 is 0 Å². The van der Waals surface area contributed by atoms with Gasteiger partial charge in [0.2, 0.25) is 5.78 Å². The van der Waals surface area contributed by atoms with Crippen molar-refractivity contribution in [1.82, 2.24) is 0 Å². The fourth-order valence-corrected chi connectivity index (χ4v) is 3.02. The summed E-state index contributed by atoms with van der Waals surface area (Å²) >= 11 is 1.65. The third-order valence-electron chi connectivity index (χ3n) is 3.38. The molecule has 0 fully saturated rings. The van der Waals surface area contributed by atoms with Crippen molar-refractivity contribution in [3.8, 4) is 0 Å². The molecule has 0 amide bonds. The number of ketones is 1. The molecular formula is C20H15NOS. The van der Waals surface area contributed by atoms with Crippen molar-refractivity contribution >= 4 is 23.3 Å². The summed E-state index contributed by atoms with van der Waals surface area (Å²) in [4.78, 5) is 14.6. The number of hydrogen-bond acceptors (Lipinski definition) is 3. The van der Waals surface area contributed by atoms with E-state index in [1.807, 2.05) is 48.5 Å². The summed E-state index contributed by atoms with van der Waals surface area (Å²) in [6.45, 7) is 0. The first-order chi connectivity index (χ1) is 11.2.